The van der Waals surface area contributed by atoms with Gasteiger partial charge in [-0.1, -0.05) is 30.3 Å². The smallest absolute Gasteiger partial charge is 0.372 e. The van der Waals surface area contributed by atoms with Gasteiger partial charge in [-0.15, -0.1) is 0 Å². The lowest BCUT2D eigenvalue weighted by Gasteiger charge is -2.26. The molecule has 7 heteroatoms. The van der Waals surface area contributed by atoms with Crippen molar-refractivity contribution in [3.05, 3.63) is 59.7 Å². The van der Waals surface area contributed by atoms with E-state index in [2.05, 4.69) is 10.6 Å². The molecular formula is C18H15F3N2O2. The third-order valence-corrected chi connectivity index (χ3v) is 3.92. The van der Waals surface area contributed by atoms with Gasteiger partial charge in [-0.25, -0.2) is 0 Å². The Balaban J connectivity index is 1.66. The molecule has 0 saturated heterocycles. The van der Waals surface area contributed by atoms with Crippen molar-refractivity contribution < 1.29 is 22.8 Å². The molecule has 1 atom stereocenters. The number of nitrogens with one attached hydrogen (secondary N) is 2. The molecule has 0 bridgehead atoms. The molecule has 0 aliphatic carbocycles. The van der Waals surface area contributed by atoms with Crippen LogP contribution in [0.1, 0.15) is 17.5 Å². The molecule has 1 heterocycles. The van der Waals surface area contributed by atoms with Gasteiger partial charge in [0.05, 0.1) is 16.9 Å². The Morgan fingerprint density at radius 2 is 1.76 bits per heavy atom. The SMILES string of the molecule is O=C(Cc1cccc(C(F)(F)F)c1)C[C@H]1Nc2ccccc2NC1=O. The summed E-state index contributed by atoms with van der Waals surface area (Å²) >= 11 is 0. The summed E-state index contributed by atoms with van der Waals surface area (Å²) in [6.07, 6.45) is -4.71. The standard InChI is InChI=1S/C18H15F3N2O2/c19-18(20,21)12-5-3-4-11(8-12)9-13(24)10-16-17(25)23-15-7-2-1-6-14(15)22-16/h1-8,16,22H,9-10H2,(H,23,25)/t16-/m1/s1. The molecule has 0 saturated carbocycles. The van der Waals surface area contributed by atoms with E-state index in [0.717, 1.165) is 12.1 Å². The van der Waals surface area contributed by atoms with E-state index < -0.39 is 17.8 Å². The van der Waals surface area contributed by atoms with Crippen LogP contribution in [0, 0.1) is 0 Å². The van der Waals surface area contributed by atoms with E-state index in [1.54, 1.807) is 24.3 Å². The van der Waals surface area contributed by atoms with Crippen LogP contribution < -0.4 is 10.6 Å². The molecule has 1 amide bonds. The maximum Gasteiger partial charge on any atom is 0.416 e. The van der Waals surface area contributed by atoms with Crippen LogP contribution in [0.25, 0.3) is 0 Å². The molecule has 0 radical (unpaired) electrons. The average molecular weight is 348 g/mol. The molecule has 0 aromatic heterocycles. The van der Waals surface area contributed by atoms with Crippen LogP contribution in [0.4, 0.5) is 24.5 Å². The van der Waals surface area contributed by atoms with E-state index in [4.69, 9.17) is 0 Å². The monoisotopic (exact) mass is 348 g/mol. The van der Waals surface area contributed by atoms with Gasteiger partial charge < -0.3 is 10.6 Å². The van der Waals surface area contributed by atoms with E-state index >= 15 is 0 Å². The molecule has 0 fully saturated rings. The Labute approximate surface area is 142 Å². The highest BCUT2D eigenvalue weighted by molar-refractivity contribution is 6.05. The van der Waals surface area contributed by atoms with Gasteiger partial charge >= 0.3 is 6.18 Å². The van der Waals surface area contributed by atoms with Crippen molar-refractivity contribution >= 4 is 23.1 Å². The van der Waals surface area contributed by atoms with Gasteiger partial charge in [0.15, 0.2) is 0 Å². The number of Topliss-reactive ketones (excluding diaryl/α,β-unsaturated/α-hetero) is 1. The molecule has 1 aliphatic rings. The number of benzene rings is 2. The second kappa shape index (κ2) is 6.58. The predicted octanol–water partition coefficient (Wildman–Crippen LogP) is 3.64. The number of para-hydroxylation sites is 2. The Morgan fingerprint density at radius 1 is 1.04 bits per heavy atom. The lowest BCUT2D eigenvalue weighted by atomic mass is 10.00. The van der Waals surface area contributed by atoms with Crippen molar-refractivity contribution in [3.8, 4) is 0 Å². The second-order valence-corrected chi connectivity index (χ2v) is 5.85. The molecule has 2 aromatic carbocycles. The van der Waals surface area contributed by atoms with Crippen molar-refractivity contribution in [3.63, 3.8) is 0 Å². The first-order valence-electron chi connectivity index (χ1n) is 7.67. The molecule has 2 N–H and O–H groups in total. The van der Waals surface area contributed by atoms with Crippen LogP contribution >= 0.6 is 0 Å². The lowest BCUT2D eigenvalue weighted by Crippen LogP contribution is -2.40. The number of anilines is 2. The topological polar surface area (TPSA) is 58.2 Å². The third-order valence-electron chi connectivity index (χ3n) is 3.92. The fourth-order valence-electron chi connectivity index (χ4n) is 2.72. The molecule has 4 nitrogen and oxygen atoms in total. The molecular weight excluding hydrogens is 333 g/mol. The lowest BCUT2D eigenvalue weighted by molar-refractivity contribution is -0.137. The van der Waals surface area contributed by atoms with Gasteiger partial charge in [-0.05, 0) is 23.8 Å². The number of hydrogen-bond donors (Lipinski definition) is 2. The molecule has 0 spiro atoms. The zero-order valence-corrected chi connectivity index (χ0v) is 13.1. The number of hydrogen-bond acceptors (Lipinski definition) is 3. The Bertz CT molecular complexity index is 818. The van der Waals surface area contributed by atoms with Crippen LogP contribution in [-0.4, -0.2) is 17.7 Å². The minimum absolute atomic E-state index is 0.101. The number of halogens is 3. The molecule has 25 heavy (non-hydrogen) atoms. The summed E-state index contributed by atoms with van der Waals surface area (Å²) in [6.45, 7) is 0. The minimum atomic E-state index is -4.45. The maximum absolute atomic E-state index is 12.7. The largest absolute Gasteiger partial charge is 0.416 e. The van der Waals surface area contributed by atoms with Crippen LogP contribution in [0.2, 0.25) is 0 Å². The molecule has 2 aromatic rings. The number of ketones is 1. The highest BCUT2D eigenvalue weighted by atomic mass is 19.4. The zero-order chi connectivity index (χ0) is 18.0. The molecule has 1 aliphatic heterocycles. The summed E-state index contributed by atoms with van der Waals surface area (Å²) < 4.78 is 38.2. The summed E-state index contributed by atoms with van der Waals surface area (Å²) in [4.78, 5) is 24.3. The van der Waals surface area contributed by atoms with Crippen LogP contribution in [0.3, 0.4) is 0 Å². The van der Waals surface area contributed by atoms with Gasteiger partial charge in [0.1, 0.15) is 11.8 Å². The number of carbonyl (C=O) groups is 2. The first-order chi connectivity index (χ1) is 11.8. The van der Waals surface area contributed by atoms with Gasteiger partial charge in [-0.2, -0.15) is 13.2 Å². The summed E-state index contributed by atoms with van der Waals surface area (Å²) in [5.41, 5.74) is 0.824. The van der Waals surface area contributed by atoms with E-state index in [1.165, 1.54) is 12.1 Å². The Morgan fingerprint density at radius 3 is 2.48 bits per heavy atom. The molecule has 3 rings (SSSR count). The minimum Gasteiger partial charge on any atom is -0.372 e. The van der Waals surface area contributed by atoms with Gasteiger partial charge in [0, 0.05) is 12.8 Å². The summed E-state index contributed by atoms with van der Waals surface area (Å²) in [5, 5.41) is 5.69. The van der Waals surface area contributed by atoms with Crippen LogP contribution in [-0.2, 0) is 22.2 Å². The van der Waals surface area contributed by atoms with Gasteiger partial charge in [-0.3, -0.25) is 9.59 Å². The van der Waals surface area contributed by atoms with E-state index in [1.807, 2.05) is 0 Å². The van der Waals surface area contributed by atoms with E-state index in [0.29, 0.717) is 11.4 Å². The van der Waals surface area contributed by atoms with E-state index in [9.17, 15) is 22.8 Å². The Hall–Kier alpha value is -2.83. The fourth-order valence-corrected chi connectivity index (χ4v) is 2.72. The first kappa shape index (κ1) is 17.0. The zero-order valence-electron chi connectivity index (χ0n) is 13.1. The number of rotatable bonds is 4. The third kappa shape index (κ3) is 3.99. The summed E-state index contributed by atoms with van der Waals surface area (Å²) in [5.74, 6) is -0.651. The van der Waals surface area contributed by atoms with Crippen molar-refractivity contribution in [2.75, 3.05) is 10.6 Å². The van der Waals surface area contributed by atoms with Crippen molar-refractivity contribution in [2.24, 2.45) is 0 Å². The fraction of sp³-hybridized carbons (Fsp3) is 0.222. The van der Waals surface area contributed by atoms with Crippen molar-refractivity contribution in [1.82, 2.24) is 0 Å². The van der Waals surface area contributed by atoms with Crippen LogP contribution in [0.5, 0.6) is 0 Å². The summed E-state index contributed by atoms with van der Waals surface area (Å²) in [6, 6.07) is 11.0. The predicted molar refractivity (Wildman–Crippen MR) is 87.3 cm³/mol. The quantitative estimate of drug-likeness (QED) is 0.887. The number of fused-ring (bicyclic) bond motifs is 1. The van der Waals surface area contributed by atoms with Crippen molar-refractivity contribution in [2.45, 2.75) is 25.1 Å². The molecule has 0 unspecified atom stereocenters. The summed E-state index contributed by atoms with van der Waals surface area (Å²) in [7, 11) is 0. The maximum atomic E-state index is 12.7. The normalized spacial score (nSPS) is 16.6. The van der Waals surface area contributed by atoms with Gasteiger partial charge in [0.2, 0.25) is 5.91 Å². The number of amides is 1. The first-order valence-corrected chi connectivity index (χ1v) is 7.67. The van der Waals surface area contributed by atoms with Crippen LogP contribution in [0.15, 0.2) is 48.5 Å². The second-order valence-electron chi connectivity index (χ2n) is 5.85. The number of carbonyl (C=O) groups excluding carboxylic acids is 2. The van der Waals surface area contributed by atoms with E-state index in [-0.39, 0.29) is 30.1 Å². The van der Waals surface area contributed by atoms with Gasteiger partial charge in [0.25, 0.3) is 0 Å². The Kier molecular flexibility index (Phi) is 4.48. The van der Waals surface area contributed by atoms with Crippen molar-refractivity contribution in [1.29, 1.82) is 0 Å². The molecule has 130 valence electrons. The average Bonchev–Trinajstić information content (AvgIpc) is 2.55. The number of alkyl halides is 3. The highest BCUT2D eigenvalue weighted by Crippen LogP contribution is 2.30. The highest BCUT2D eigenvalue weighted by Gasteiger charge is 2.31.